The van der Waals surface area contributed by atoms with Crippen LogP contribution in [0.25, 0.3) is 11.6 Å². The summed E-state index contributed by atoms with van der Waals surface area (Å²) in [5.74, 6) is 0.615. The summed E-state index contributed by atoms with van der Waals surface area (Å²) >= 11 is 0. The number of nitrogens with zero attached hydrogens (tertiary/aromatic N) is 4. The summed E-state index contributed by atoms with van der Waals surface area (Å²) in [4.78, 5) is 19.5. The Kier molecular flexibility index (Phi) is 2.80. The zero-order chi connectivity index (χ0) is 11.5. The van der Waals surface area contributed by atoms with Crippen LogP contribution < -0.4 is 5.76 Å². The molecule has 2 aromatic heterocycles. The third-order valence-corrected chi connectivity index (χ3v) is 2.00. The fourth-order valence-electron chi connectivity index (χ4n) is 1.37. The molecule has 0 saturated carbocycles. The van der Waals surface area contributed by atoms with Crippen molar-refractivity contribution in [2.24, 2.45) is 5.92 Å². The van der Waals surface area contributed by atoms with Crippen LogP contribution in [0.2, 0.25) is 0 Å². The molecular formula is C10H12N4O2. The zero-order valence-corrected chi connectivity index (χ0v) is 9.12. The predicted octanol–water partition coefficient (Wildman–Crippen LogP) is 0.949. The van der Waals surface area contributed by atoms with Crippen LogP contribution in [0.4, 0.5) is 0 Å². The van der Waals surface area contributed by atoms with Crippen molar-refractivity contribution in [2.75, 3.05) is 0 Å². The first-order valence-corrected chi connectivity index (χ1v) is 5.02. The molecule has 6 heteroatoms. The Labute approximate surface area is 91.9 Å². The molecule has 16 heavy (non-hydrogen) atoms. The van der Waals surface area contributed by atoms with Gasteiger partial charge in [-0.2, -0.15) is 0 Å². The summed E-state index contributed by atoms with van der Waals surface area (Å²) in [6, 6.07) is 1.70. The molecule has 2 heterocycles. The van der Waals surface area contributed by atoms with Crippen molar-refractivity contribution in [3.05, 3.63) is 29.0 Å². The first-order valence-electron chi connectivity index (χ1n) is 5.02. The second kappa shape index (κ2) is 4.26. The summed E-state index contributed by atoms with van der Waals surface area (Å²) in [6.45, 7) is 4.56. The monoisotopic (exact) mass is 220 g/mol. The molecule has 0 atom stereocenters. The van der Waals surface area contributed by atoms with E-state index in [0.29, 0.717) is 24.1 Å². The van der Waals surface area contributed by atoms with Crippen LogP contribution >= 0.6 is 0 Å². The third-order valence-electron chi connectivity index (χ3n) is 2.00. The lowest BCUT2D eigenvalue weighted by molar-refractivity contribution is 0.368. The quantitative estimate of drug-likeness (QED) is 0.769. The molecule has 0 spiro atoms. The van der Waals surface area contributed by atoms with Crippen LogP contribution in [0.5, 0.6) is 0 Å². The van der Waals surface area contributed by atoms with Crippen LogP contribution in [-0.4, -0.2) is 19.7 Å². The number of aromatic nitrogens is 4. The third kappa shape index (κ3) is 2.00. The number of hydrogen-bond acceptors (Lipinski definition) is 5. The van der Waals surface area contributed by atoms with Gasteiger partial charge in [0.05, 0.1) is 0 Å². The molecule has 0 bridgehead atoms. The maximum Gasteiger partial charge on any atom is 0.441 e. The fourth-order valence-corrected chi connectivity index (χ4v) is 1.37. The van der Waals surface area contributed by atoms with Crippen molar-refractivity contribution < 1.29 is 4.52 Å². The second-order valence-corrected chi connectivity index (χ2v) is 3.85. The average Bonchev–Trinajstić information content (AvgIpc) is 2.61. The van der Waals surface area contributed by atoms with E-state index < -0.39 is 5.76 Å². The highest BCUT2D eigenvalue weighted by Gasteiger charge is 2.15. The highest BCUT2D eigenvalue weighted by atomic mass is 16.5. The Balaban J connectivity index is 2.46. The van der Waals surface area contributed by atoms with Crippen LogP contribution in [0.3, 0.4) is 0 Å². The van der Waals surface area contributed by atoms with Gasteiger partial charge in [0, 0.05) is 18.9 Å². The van der Waals surface area contributed by atoms with Gasteiger partial charge in [0.25, 0.3) is 0 Å². The molecule has 6 nitrogen and oxygen atoms in total. The van der Waals surface area contributed by atoms with E-state index in [2.05, 4.69) is 19.6 Å². The molecule has 0 aliphatic rings. The van der Waals surface area contributed by atoms with Crippen LogP contribution in [0.1, 0.15) is 13.8 Å². The van der Waals surface area contributed by atoms with E-state index in [1.54, 1.807) is 18.5 Å². The van der Waals surface area contributed by atoms with E-state index in [1.807, 2.05) is 13.8 Å². The van der Waals surface area contributed by atoms with Gasteiger partial charge in [0.1, 0.15) is 0 Å². The van der Waals surface area contributed by atoms with Gasteiger partial charge in [-0.15, -0.1) is 0 Å². The van der Waals surface area contributed by atoms with Crippen molar-refractivity contribution in [2.45, 2.75) is 20.4 Å². The van der Waals surface area contributed by atoms with Crippen LogP contribution in [0.15, 0.2) is 27.8 Å². The van der Waals surface area contributed by atoms with Crippen molar-refractivity contribution in [1.29, 1.82) is 0 Å². The van der Waals surface area contributed by atoms with E-state index in [-0.39, 0.29) is 0 Å². The maximum atomic E-state index is 11.4. The lowest BCUT2D eigenvalue weighted by Gasteiger charge is -2.05. The smallest absolute Gasteiger partial charge is 0.295 e. The normalized spacial score (nSPS) is 10.9. The Morgan fingerprint density at radius 2 is 2.06 bits per heavy atom. The Hall–Kier alpha value is -1.98. The Morgan fingerprint density at radius 1 is 1.38 bits per heavy atom. The molecular weight excluding hydrogens is 208 g/mol. The summed E-state index contributed by atoms with van der Waals surface area (Å²) in [6.07, 6.45) is 3.20. The van der Waals surface area contributed by atoms with E-state index in [4.69, 9.17) is 0 Å². The minimum atomic E-state index is -0.476. The van der Waals surface area contributed by atoms with Crippen molar-refractivity contribution in [3.63, 3.8) is 0 Å². The minimum Gasteiger partial charge on any atom is -0.295 e. The van der Waals surface area contributed by atoms with Crippen LogP contribution in [-0.2, 0) is 6.54 Å². The van der Waals surface area contributed by atoms with Crippen molar-refractivity contribution in [3.8, 4) is 11.6 Å². The van der Waals surface area contributed by atoms with Gasteiger partial charge in [-0.25, -0.2) is 14.8 Å². The fraction of sp³-hybridized carbons (Fsp3) is 0.400. The molecule has 0 radical (unpaired) electrons. The molecule has 0 N–H and O–H groups in total. The van der Waals surface area contributed by atoms with Gasteiger partial charge in [-0.1, -0.05) is 19.0 Å². The number of hydrogen-bond donors (Lipinski definition) is 0. The topological polar surface area (TPSA) is 73.8 Å². The standard InChI is InChI=1S/C10H12N4O2/c1-7(2)6-14-9(13-16-10(14)15)8-11-4-3-5-12-8/h3-5,7H,6H2,1-2H3. The summed E-state index contributed by atoms with van der Waals surface area (Å²) in [7, 11) is 0. The molecule has 0 amide bonds. The lowest BCUT2D eigenvalue weighted by Crippen LogP contribution is -2.19. The first kappa shape index (κ1) is 10.5. The van der Waals surface area contributed by atoms with E-state index in [9.17, 15) is 4.79 Å². The summed E-state index contributed by atoms with van der Waals surface area (Å²) < 4.78 is 6.07. The summed E-state index contributed by atoms with van der Waals surface area (Å²) in [5.41, 5.74) is 0. The van der Waals surface area contributed by atoms with Gasteiger partial charge in [0.15, 0.2) is 5.82 Å². The molecule has 84 valence electrons. The lowest BCUT2D eigenvalue weighted by atomic mass is 10.2. The highest BCUT2D eigenvalue weighted by molar-refractivity contribution is 5.41. The van der Waals surface area contributed by atoms with Gasteiger partial charge in [-0.05, 0) is 12.0 Å². The summed E-state index contributed by atoms with van der Waals surface area (Å²) in [5, 5.41) is 3.69. The van der Waals surface area contributed by atoms with Gasteiger partial charge in [-0.3, -0.25) is 9.09 Å². The van der Waals surface area contributed by atoms with Gasteiger partial charge >= 0.3 is 5.76 Å². The Morgan fingerprint density at radius 3 is 2.69 bits per heavy atom. The average molecular weight is 220 g/mol. The van der Waals surface area contributed by atoms with E-state index in [1.165, 1.54) is 4.57 Å². The molecule has 0 aromatic carbocycles. The largest absolute Gasteiger partial charge is 0.441 e. The highest BCUT2D eigenvalue weighted by Crippen LogP contribution is 2.10. The molecule has 0 unspecified atom stereocenters. The van der Waals surface area contributed by atoms with E-state index in [0.717, 1.165) is 0 Å². The van der Waals surface area contributed by atoms with Crippen molar-refractivity contribution >= 4 is 0 Å². The van der Waals surface area contributed by atoms with Crippen LogP contribution in [0, 0.1) is 5.92 Å². The number of rotatable bonds is 3. The maximum absolute atomic E-state index is 11.4. The first-order chi connectivity index (χ1) is 7.68. The SMILES string of the molecule is CC(C)Cn1c(-c2ncccn2)noc1=O. The molecule has 0 saturated heterocycles. The van der Waals surface area contributed by atoms with E-state index >= 15 is 0 Å². The zero-order valence-electron chi connectivity index (χ0n) is 9.12. The van der Waals surface area contributed by atoms with Gasteiger partial charge < -0.3 is 0 Å². The molecule has 0 fully saturated rings. The molecule has 2 rings (SSSR count). The van der Waals surface area contributed by atoms with Gasteiger partial charge in [0.2, 0.25) is 5.82 Å². The predicted molar refractivity (Wildman–Crippen MR) is 56.6 cm³/mol. The second-order valence-electron chi connectivity index (χ2n) is 3.85. The molecule has 0 aliphatic carbocycles. The minimum absolute atomic E-state index is 0.319. The Bertz CT molecular complexity index is 515. The molecule has 2 aromatic rings. The molecule has 0 aliphatic heterocycles. The van der Waals surface area contributed by atoms with Crippen molar-refractivity contribution in [1.82, 2.24) is 19.7 Å².